The second kappa shape index (κ2) is 9.79. The molecule has 180 valence electrons. The van der Waals surface area contributed by atoms with Crippen LogP contribution >= 0.6 is 104 Å². The number of carbonyl (C=O) groups excluding carboxylic acids is 3. The maximum atomic E-state index is 13.1. The topological polar surface area (TPSA) is 86.0 Å². The van der Waals surface area contributed by atoms with E-state index in [0.29, 0.717) is 24.2 Å². The third-order valence-electron chi connectivity index (χ3n) is 5.00. The van der Waals surface area contributed by atoms with Crippen LogP contribution in [0.25, 0.3) is 0 Å². The normalized spacial score (nSPS) is 19.7. The highest BCUT2D eigenvalue weighted by Gasteiger charge is 2.47. The molecule has 0 saturated carbocycles. The number of aromatic nitrogens is 2. The predicted octanol–water partition coefficient (Wildman–Crippen LogP) is 7.22. The first-order chi connectivity index (χ1) is 15.0. The van der Waals surface area contributed by atoms with Gasteiger partial charge in [0.05, 0.1) is 23.5 Å². The number of rotatable bonds is 4. The van der Waals surface area contributed by atoms with Crippen LogP contribution in [0, 0.1) is 0 Å². The highest BCUT2D eigenvalue weighted by molar-refractivity contribution is 6.78. The average molecular weight is 637 g/mol. The van der Waals surface area contributed by atoms with Gasteiger partial charge in [-0.2, -0.15) is 0 Å². The van der Waals surface area contributed by atoms with Crippen LogP contribution in [-0.2, 0) is 4.79 Å². The van der Waals surface area contributed by atoms with Crippen LogP contribution in [0.4, 0.5) is 0 Å². The predicted molar refractivity (Wildman–Crippen MR) is 133 cm³/mol. The van der Waals surface area contributed by atoms with Gasteiger partial charge in [-0.1, -0.05) is 104 Å². The molecule has 1 aliphatic heterocycles. The number of amides is 1. The van der Waals surface area contributed by atoms with Crippen molar-refractivity contribution in [1.29, 1.82) is 0 Å². The number of nitrogens with zero attached hydrogens (tertiary/aromatic N) is 1. The van der Waals surface area contributed by atoms with Gasteiger partial charge in [0.2, 0.25) is 11.6 Å². The Morgan fingerprint density at radius 3 is 1.33 bits per heavy atom. The van der Waals surface area contributed by atoms with Crippen molar-refractivity contribution in [3.05, 3.63) is 47.0 Å². The number of halogens is 9. The summed E-state index contributed by atoms with van der Waals surface area (Å²) in [4.78, 5) is 44.7. The van der Waals surface area contributed by atoms with Gasteiger partial charge in [0, 0.05) is 11.4 Å². The van der Waals surface area contributed by atoms with Crippen molar-refractivity contribution in [1.82, 2.24) is 14.9 Å². The lowest BCUT2D eigenvalue weighted by atomic mass is 10.1. The van der Waals surface area contributed by atoms with Gasteiger partial charge < -0.3 is 14.9 Å². The molecular formula is C18H12Cl9N3O3. The molecular weight excluding hydrogens is 625 g/mol. The first-order valence-electron chi connectivity index (χ1n) is 9.02. The van der Waals surface area contributed by atoms with Gasteiger partial charge in [0.1, 0.15) is 0 Å². The van der Waals surface area contributed by atoms with Crippen molar-refractivity contribution in [3.8, 4) is 0 Å². The number of alkyl halides is 9. The Labute approximate surface area is 233 Å². The van der Waals surface area contributed by atoms with Crippen LogP contribution < -0.4 is 0 Å². The highest BCUT2D eigenvalue weighted by atomic mass is 35.6. The number of nitrogens with one attached hydrogen (secondary N) is 2. The zero-order valence-electron chi connectivity index (χ0n) is 16.0. The molecule has 2 atom stereocenters. The third kappa shape index (κ3) is 6.04. The maximum Gasteiger partial charge on any atom is 0.275 e. The first kappa shape index (κ1) is 27.6. The van der Waals surface area contributed by atoms with E-state index in [9.17, 15) is 14.4 Å². The molecule has 1 saturated heterocycles. The Balaban J connectivity index is 1.97. The van der Waals surface area contributed by atoms with E-state index in [2.05, 4.69) is 9.97 Å². The van der Waals surface area contributed by atoms with Gasteiger partial charge in [-0.05, 0) is 37.1 Å². The van der Waals surface area contributed by atoms with Crippen molar-refractivity contribution in [2.24, 2.45) is 0 Å². The fourth-order valence-electron chi connectivity index (χ4n) is 3.63. The molecule has 0 aliphatic carbocycles. The molecule has 6 nitrogen and oxygen atoms in total. The van der Waals surface area contributed by atoms with Crippen molar-refractivity contribution in [2.45, 2.75) is 36.3 Å². The summed E-state index contributed by atoms with van der Waals surface area (Å²) in [5.41, 5.74) is 0.985. The summed E-state index contributed by atoms with van der Waals surface area (Å²) < 4.78 is -6.60. The number of Topliss-reactive ketones (excluding diaryl/α,β-unsaturated/α-hetero) is 2. The van der Waals surface area contributed by atoms with E-state index in [4.69, 9.17) is 104 Å². The number of aromatic amines is 2. The van der Waals surface area contributed by atoms with Crippen LogP contribution in [0.15, 0.2) is 24.3 Å². The van der Waals surface area contributed by atoms with E-state index in [-0.39, 0.29) is 11.4 Å². The fourth-order valence-corrected chi connectivity index (χ4v) is 4.54. The number of H-pyrrole nitrogens is 2. The summed E-state index contributed by atoms with van der Waals surface area (Å²) in [6.45, 7) is 0. The van der Waals surface area contributed by atoms with E-state index in [1.807, 2.05) is 0 Å². The number of hydrogen-bond donors (Lipinski definition) is 2. The summed E-state index contributed by atoms with van der Waals surface area (Å²) in [5.74, 6) is -2.36. The molecule has 1 amide bonds. The summed E-state index contributed by atoms with van der Waals surface area (Å²) in [7, 11) is 0. The molecule has 3 heterocycles. The van der Waals surface area contributed by atoms with Gasteiger partial charge in [0.15, 0.2) is 0 Å². The molecule has 15 heteroatoms. The Morgan fingerprint density at radius 2 is 1.03 bits per heavy atom. The largest absolute Gasteiger partial charge is 0.354 e. The van der Waals surface area contributed by atoms with E-state index in [1.54, 1.807) is 12.1 Å². The smallest absolute Gasteiger partial charge is 0.275 e. The van der Waals surface area contributed by atoms with Gasteiger partial charge >= 0.3 is 0 Å². The molecule has 2 aromatic rings. The summed E-state index contributed by atoms with van der Waals surface area (Å²) in [6, 6.07) is 4.76. The molecule has 1 aliphatic rings. The third-order valence-corrected chi connectivity index (χ3v) is 6.52. The summed E-state index contributed by atoms with van der Waals surface area (Å²) in [5, 5.41) is 0. The van der Waals surface area contributed by atoms with Crippen LogP contribution in [0.2, 0.25) is 0 Å². The second-order valence-corrected chi connectivity index (χ2v) is 14.0. The summed E-state index contributed by atoms with van der Waals surface area (Å²) in [6.07, 6.45) is 0.845. The molecule has 0 unspecified atom stereocenters. The minimum atomic E-state index is -2.27. The summed E-state index contributed by atoms with van der Waals surface area (Å²) >= 11 is 51.8. The molecule has 0 radical (unpaired) electrons. The van der Waals surface area contributed by atoms with Crippen LogP contribution in [0.1, 0.15) is 57.3 Å². The maximum absolute atomic E-state index is 13.1. The van der Waals surface area contributed by atoms with Crippen molar-refractivity contribution >= 4 is 122 Å². The van der Waals surface area contributed by atoms with E-state index in [0.717, 1.165) is 0 Å². The molecule has 33 heavy (non-hydrogen) atoms. The molecule has 0 spiro atoms. The van der Waals surface area contributed by atoms with E-state index in [1.165, 1.54) is 17.0 Å². The average Bonchev–Trinajstić information content (AvgIpc) is 3.41. The number of likely N-dealkylation sites (tertiary alicyclic amines) is 1. The number of carbonyl (C=O) groups is 3. The number of hydrogen-bond acceptors (Lipinski definition) is 3. The monoisotopic (exact) mass is 633 g/mol. The zero-order chi connectivity index (χ0) is 24.9. The molecule has 2 N–H and O–H groups in total. The second-order valence-electron chi connectivity index (χ2n) is 7.13. The quantitative estimate of drug-likeness (QED) is 0.274. The van der Waals surface area contributed by atoms with Crippen molar-refractivity contribution in [2.75, 3.05) is 0 Å². The molecule has 0 bridgehead atoms. The molecule has 2 aromatic heterocycles. The van der Waals surface area contributed by atoms with Gasteiger partial charge in [-0.3, -0.25) is 14.4 Å². The highest BCUT2D eigenvalue weighted by Crippen LogP contribution is 2.47. The van der Waals surface area contributed by atoms with E-state index >= 15 is 0 Å². The molecule has 3 rings (SSSR count). The minimum absolute atomic E-state index is 0.0326. The molecule has 1 fully saturated rings. The molecule has 0 aromatic carbocycles. The van der Waals surface area contributed by atoms with Crippen LogP contribution in [-0.4, -0.2) is 43.7 Å². The van der Waals surface area contributed by atoms with E-state index < -0.39 is 40.9 Å². The van der Waals surface area contributed by atoms with Crippen LogP contribution in [0.5, 0.6) is 0 Å². The SMILES string of the molecule is O=C(c1ccc([C@H]2CC[C@H](c3ccc(C(=O)C(Cl)(Cl)Cl)[nH]3)N2C(=O)C(Cl)(Cl)Cl)[nH]1)C(Cl)(Cl)Cl. The van der Waals surface area contributed by atoms with Gasteiger partial charge in [0.25, 0.3) is 17.3 Å². The zero-order valence-corrected chi connectivity index (χ0v) is 22.8. The Morgan fingerprint density at radius 1 is 0.667 bits per heavy atom. The Bertz CT molecular complexity index is 1010. The first-order valence-corrected chi connectivity index (χ1v) is 12.4. The van der Waals surface area contributed by atoms with Gasteiger partial charge in [-0.15, -0.1) is 0 Å². The minimum Gasteiger partial charge on any atom is -0.354 e. The Hall–Kier alpha value is -0.0200. The lowest BCUT2D eigenvalue weighted by Gasteiger charge is -2.32. The lowest BCUT2D eigenvalue weighted by molar-refractivity contribution is -0.133. The van der Waals surface area contributed by atoms with Gasteiger partial charge in [-0.25, -0.2) is 0 Å². The number of ketones is 2. The standard InChI is InChI=1S/C18H12Cl9N3O3/c19-16(20,21)13(31)9-3-1-7(28-9)11-5-6-12(30(11)15(33)18(25,26)27)8-2-4-10(29-8)14(32)17(22,23)24/h1-4,11-12,28-29H,5-6H2/t11-,12-/m1/s1. The Kier molecular flexibility index (Phi) is 8.18. The van der Waals surface area contributed by atoms with Crippen LogP contribution in [0.3, 0.4) is 0 Å². The lowest BCUT2D eigenvalue weighted by Crippen LogP contribution is -2.40. The fraction of sp³-hybridized carbons (Fsp3) is 0.389. The van der Waals surface area contributed by atoms with Crippen molar-refractivity contribution < 1.29 is 14.4 Å². The van der Waals surface area contributed by atoms with Crippen molar-refractivity contribution in [3.63, 3.8) is 0 Å².